The molecule has 1 heterocycles. The molecule has 0 spiro atoms. The molecule has 0 amide bonds. The van der Waals surface area contributed by atoms with E-state index >= 15 is 0 Å². The summed E-state index contributed by atoms with van der Waals surface area (Å²) in [4.78, 5) is 12.8. The lowest BCUT2D eigenvalue weighted by Crippen LogP contribution is -1.97. The van der Waals surface area contributed by atoms with Gasteiger partial charge in [-0.3, -0.25) is 10.1 Å². The third-order valence-corrected chi connectivity index (χ3v) is 1.11. The van der Waals surface area contributed by atoms with E-state index in [-0.39, 0.29) is 5.82 Å². The van der Waals surface area contributed by atoms with Crippen LogP contribution in [0.25, 0.3) is 0 Å². The molecule has 0 atom stereocenters. The second-order valence-corrected chi connectivity index (χ2v) is 1.82. The lowest BCUT2D eigenvalue weighted by Gasteiger charge is -1.96. The highest BCUT2D eigenvalue weighted by Gasteiger charge is 2.17. The Morgan fingerprint density at radius 2 is 2.36 bits per heavy atom. The number of hydrogen-bond acceptors (Lipinski definition) is 5. The number of rotatable bonds is 1. The van der Waals surface area contributed by atoms with Gasteiger partial charge in [0.1, 0.15) is 0 Å². The van der Waals surface area contributed by atoms with Crippen LogP contribution >= 0.6 is 0 Å². The quantitative estimate of drug-likeness (QED) is 0.447. The van der Waals surface area contributed by atoms with E-state index in [0.717, 1.165) is 6.07 Å². The summed E-state index contributed by atoms with van der Waals surface area (Å²) in [7, 11) is 0. The summed E-state index contributed by atoms with van der Waals surface area (Å²) in [6.07, 6.45) is 1.19. The fourth-order valence-electron chi connectivity index (χ4n) is 0.647. The minimum atomic E-state index is -0.780. The second kappa shape index (κ2) is 2.41. The average molecular weight is 155 g/mol. The van der Waals surface area contributed by atoms with E-state index in [4.69, 9.17) is 10.8 Å². The summed E-state index contributed by atoms with van der Waals surface area (Å²) in [5, 5.41) is 19.1. The monoisotopic (exact) mass is 155 g/mol. The average Bonchev–Trinajstić information content (AvgIpc) is 1.85. The first kappa shape index (κ1) is 7.26. The summed E-state index contributed by atoms with van der Waals surface area (Å²) in [6, 6.07) is 1.11. The molecular weight excluding hydrogens is 150 g/mol. The lowest BCUT2D eigenvalue weighted by molar-refractivity contribution is -0.385. The Morgan fingerprint density at radius 3 is 2.73 bits per heavy atom. The van der Waals surface area contributed by atoms with E-state index in [1.165, 1.54) is 6.20 Å². The number of nitrogens with two attached hydrogens (primary N) is 1. The summed E-state index contributed by atoms with van der Waals surface area (Å²) in [6.45, 7) is 0. The van der Waals surface area contributed by atoms with Gasteiger partial charge in [0.2, 0.25) is 5.82 Å². The Bertz CT molecular complexity index is 279. The molecule has 0 aliphatic rings. The van der Waals surface area contributed by atoms with Crippen molar-refractivity contribution < 1.29 is 10.0 Å². The Labute approximate surface area is 61.4 Å². The SMILES string of the molecule is Nc1nccc(O)c1[N+](=O)[O-]. The van der Waals surface area contributed by atoms with Crippen molar-refractivity contribution in [3.63, 3.8) is 0 Å². The van der Waals surface area contributed by atoms with Crippen molar-refractivity contribution in [1.29, 1.82) is 0 Å². The molecule has 0 aromatic carbocycles. The number of nitrogen functional groups attached to an aromatic ring is 1. The highest BCUT2D eigenvalue weighted by Crippen LogP contribution is 2.28. The Hall–Kier alpha value is -1.85. The second-order valence-electron chi connectivity index (χ2n) is 1.82. The maximum absolute atomic E-state index is 10.2. The molecule has 1 rings (SSSR count). The number of hydrogen-bond donors (Lipinski definition) is 2. The van der Waals surface area contributed by atoms with E-state index < -0.39 is 16.4 Å². The number of nitrogens with zero attached hydrogens (tertiary/aromatic N) is 2. The summed E-state index contributed by atoms with van der Waals surface area (Å²) < 4.78 is 0. The first-order chi connectivity index (χ1) is 5.13. The summed E-state index contributed by atoms with van der Waals surface area (Å²) in [5.74, 6) is -0.752. The molecule has 6 heteroatoms. The van der Waals surface area contributed by atoms with Crippen molar-refractivity contribution in [2.24, 2.45) is 0 Å². The molecule has 0 unspecified atom stereocenters. The predicted octanol–water partition coefficient (Wildman–Crippen LogP) is 0.278. The zero-order valence-corrected chi connectivity index (χ0v) is 5.39. The fraction of sp³-hybridized carbons (Fsp3) is 0. The van der Waals surface area contributed by atoms with Crippen molar-refractivity contribution in [3.05, 3.63) is 22.4 Å². The van der Waals surface area contributed by atoms with Gasteiger partial charge in [0.05, 0.1) is 4.92 Å². The van der Waals surface area contributed by atoms with Gasteiger partial charge in [0.15, 0.2) is 5.75 Å². The van der Waals surface area contributed by atoms with E-state index in [0.29, 0.717) is 0 Å². The van der Waals surface area contributed by atoms with Gasteiger partial charge in [0, 0.05) is 12.3 Å². The van der Waals surface area contributed by atoms with Crippen LogP contribution in [0.15, 0.2) is 12.3 Å². The largest absolute Gasteiger partial charge is 0.502 e. The molecule has 1 aromatic rings. The number of anilines is 1. The zero-order valence-electron chi connectivity index (χ0n) is 5.39. The molecule has 0 aliphatic heterocycles. The number of pyridine rings is 1. The van der Waals surface area contributed by atoms with Crippen molar-refractivity contribution in [2.75, 3.05) is 5.73 Å². The van der Waals surface area contributed by atoms with Crippen LogP contribution in [0.3, 0.4) is 0 Å². The molecule has 0 fully saturated rings. The molecular formula is C5H5N3O3. The van der Waals surface area contributed by atoms with E-state index in [2.05, 4.69) is 4.98 Å². The van der Waals surface area contributed by atoms with Gasteiger partial charge in [-0.2, -0.15) is 0 Å². The van der Waals surface area contributed by atoms with Gasteiger partial charge in [-0.1, -0.05) is 0 Å². The van der Waals surface area contributed by atoms with E-state index in [1.807, 2.05) is 0 Å². The maximum Gasteiger partial charge on any atom is 0.352 e. The third kappa shape index (κ3) is 1.18. The number of aromatic nitrogens is 1. The summed E-state index contributed by atoms with van der Waals surface area (Å²) >= 11 is 0. The standard InChI is InChI=1S/C5H5N3O3/c6-5-4(8(10)11)3(9)1-2-7-5/h1-2H,(H3,6,7,9). The highest BCUT2D eigenvalue weighted by molar-refractivity contribution is 5.60. The van der Waals surface area contributed by atoms with Crippen LogP contribution < -0.4 is 5.73 Å². The molecule has 6 nitrogen and oxygen atoms in total. The van der Waals surface area contributed by atoms with Crippen LogP contribution in [-0.4, -0.2) is 15.0 Å². The molecule has 0 saturated heterocycles. The minimum Gasteiger partial charge on any atom is -0.502 e. The molecule has 58 valence electrons. The normalized spacial score (nSPS) is 9.45. The molecule has 0 saturated carbocycles. The van der Waals surface area contributed by atoms with Crippen molar-refractivity contribution >= 4 is 11.5 Å². The summed E-state index contributed by atoms with van der Waals surface area (Å²) in [5.41, 5.74) is 4.56. The molecule has 0 aliphatic carbocycles. The van der Waals surface area contributed by atoms with Gasteiger partial charge in [0.25, 0.3) is 0 Å². The molecule has 3 N–H and O–H groups in total. The number of aromatic hydroxyl groups is 1. The predicted molar refractivity (Wildman–Crippen MR) is 37.0 cm³/mol. The third-order valence-electron chi connectivity index (χ3n) is 1.11. The zero-order chi connectivity index (χ0) is 8.43. The first-order valence-corrected chi connectivity index (χ1v) is 2.70. The van der Waals surface area contributed by atoms with E-state index in [1.54, 1.807) is 0 Å². The van der Waals surface area contributed by atoms with Crippen LogP contribution in [0.4, 0.5) is 11.5 Å². The van der Waals surface area contributed by atoms with Crippen LogP contribution in [0.5, 0.6) is 5.75 Å². The van der Waals surface area contributed by atoms with Crippen LogP contribution in [0.2, 0.25) is 0 Å². The Balaban J connectivity index is 3.32. The lowest BCUT2D eigenvalue weighted by atomic mass is 10.3. The van der Waals surface area contributed by atoms with Crippen molar-refractivity contribution in [3.8, 4) is 5.75 Å². The van der Waals surface area contributed by atoms with E-state index in [9.17, 15) is 10.1 Å². The molecule has 11 heavy (non-hydrogen) atoms. The maximum atomic E-state index is 10.2. The van der Waals surface area contributed by atoms with Gasteiger partial charge >= 0.3 is 5.69 Å². The minimum absolute atomic E-state index is 0.282. The molecule has 1 aromatic heterocycles. The molecule has 0 radical (unpaired) electrons. The highest BCUT2D eigenvalue weighted by atomic mass is 16.6. The number of nitro groups is 1. The van der Waals surface area contributed by atoms with Gasteiger partial charge in [-0.05, 0) is 0 Å². The van der Waals surface area contributed by atoms with Gasteiger partial charge in [-0.15, -0.1) is 0 Å². The van der Waals surface area contributed by atoms with Crippen LogP contribution in [0, 0.1) is 10.1 Å². The first-order valence-electron chi connectivity index (χ1n) is 2.70. The van der Waals surface area contributed by atoms with Crippen molar-refractivity contribution in [2.45, 2.75) is 0 Å². The molecule has 0 bridgehead atoms. The van der Waals surface area contributed by atoms with Crippen molar-refractivity contribution in [1.82, 2.24) is 4.98 Å². The fourth-order valence-corrected chi connectivity index (χ4v) is 0.647. The van der Waals surface area contributed by atoms with Gasteiger partial charge in [-0.25, -0.2) is 4.98 Å². The van der Waals surface area contributed by atoms with Crippen LogP contribution in [0.1, 0.15) is 0 Å². The van der Waals surface area contributed by atoms with Gasteiger partial charge < -0.3 is 10.8 Å². The topological polar surface area (TPSA) is 102 Å². The van der Waals surface area contributed by atoms with Crippen LogP contribution in [-0.2, 0) is 0 Å². The smallest absolute Gasteiger partial charge is 0.352 e. The Kier molecular flexibility index (Phi) is 1.59. The Morgan fingerprint density at radius 1 is 1.73 bits per heavy atom.